The van der Waals surface area contributed by atoms with E-state index < -0.39 is 5.97 Å². The maximum Gasteiger partial charge on any atom is 0.330 e. The van der Waals surface area contributed by atoms with Gasteiger partial charge in [0.25, 0.3) is 0 Å². The Bertz CT molecular complexity index is 853. The first kappa shape index (κ1) is 25.0. The highest BCUT2D eigenvalue weighted by Crippen LogP contribution is 2.73. The van der Waals surface area contributed by atoms with Gasteiger partial charge in [0.15, 0.2) is 0 Å². The lowest BCUT2D eigenvalue weighted by Crippen LogP contribution is -2.58. The first-order valence-electron chi connectivity index (χ1n) is 13.6. The average Bonchev–Trinajstić information content (AvgIpc) is 3.02. The number of allylic oxidation sites excluding steroid dienone is 3. The van der Waals surface area contributed by atoms with Gasteiger partial charge in [-0.25, -0.2) is 4.79 Å². The van der Waals surface area contributed by atoms with Crippen molar-refractivity contribution in [3.8, 4) is 0 Å². The van der Waals surface area contributed by atoms with E-state index in [2.05, 4.69) is 47.6 Å². The van der Waals surface area contributed by atoms with Gasteiger partial charge in [-0.05, 0) is 110 Å². The Balaban J connectivity index is 1.58. The van der Waals surface area contributed by atoms with Crippen LogP contribution < -0.4 is 0 Å². The van der Waals surface area contributed by atoms with E-state index in [-0.39, 0.29) is 16.9 Å². The third-order valence-corrected chi connectivity index (χ3v) is 12.0. The molecule has 4 rings (SSSR count). The highest BCUT2D eigenvalue weighted by Gasteiger charge is 2.65. The lowest BCUT2D eigenvalue weighted by atomic mass is 9.41. The standard InChI is InChI=1S/C30H48O3/c1-19(9-8-10-20(2)26(32)33)21-13-17-30(7)23-11-12-24-27(3,4)25(31)15-16-28(24,5)22(23)14-18-29(21,30)6/h10-11,19,21-22,24-25,31H,8-9,12-18H2,1-7H3,(H,32,33)/b20-10+/t19-,21-,22-,24-,25+,28+,29-,30+/m0/s1. The van der Waals surface area contributed by atoms with Crippen molar-refractivity contribution in [3.05, 3.63) is 23.3 Å². The lowest BCUT2D eigenvalue weighted by Gasteiger charge is -2.64. The molecule has 0 aromatic heterocycles. The number of hydrogen-bond acceptors (Lipinski definition) is 2. The van der Waals surface area contributed by atoms with Gasteiger partial charge >= 0.3 is 5.97 Å². The van der Waals surface area contributed by atoms with Gasteiger partial charge in [0, 0.05) is 5.57 Å². The normalized spacial score (nSPS) is 45.5. The van der Waals surface area contributed by atoms with E-state index in [0.29, 0.717) is 40.1 Å². The van der Waals surface area contributed by atoms with Crippen molar-refractivity contribution < 1.29 is 15.0 Å². The molecule has 2 N–H and O–H groups in total. The van der Waals surface area contributed by atoms with Crippen LogP contribution in [0.1, 0.15) is 106 Å². The monoisotopic (exact) mass is 456 g/mol. The fraction of sp³-hybridized carbons (Fsp3) is 0.833. The third kappa shape index (κ3) is 3.58. The Kier molecular flexibility index (Phi) is 6.25. The van der Waals surface area contributed by atoms with Crippen LogP contribution >= 0.6 is 0 Å². The summed E-state index contributed by atoms with van der Waals surface area (Å²) in [5.74, 6) is 1.75. The van der Waals surface area contributed by atoms with Crippen molar-refractivity contribution >= 4 is 5.97 Å². The number of carboxylic acids is 1. The van der Waals surface area contributed by atoms with Crippen LogP contribution in [0.4, 0.5) is 0 Å². The molecule has 33 heavy (non-hydrogen) atoms. The summed E-state index contributed by atoms with van der Waals surface area (Å²) in [6.45, 7) is 16.5. The van der Waals surface area contributed by atoms with Crippen LogP contribution in [-0.4, -0.2) is 22.3 Å². The predicted molar refractivity (Wildman–Crippen MR) is 135 cm³/mol. The van der Waals surface area contributed by atoms with Crippen molar-refractivity contribution in [3.63, 3.8) is 0 Å². The van der Waals surface area contributed by atoms with Crippen molar-refractivity contribution in [1.82, 2.24) is 0 Å². The summed E-state index contributed by atoms with van der Waals surface area (Å²) in [4.78, 5) is 11.1. The lowest BCUT2D eigenvalue weighted by molar-refractivity contribution is -0.132. The van der Waals surface area contributed by atoms with E-state index in [1.165, 1.54) is 25.7 Å². The van der Waals surface area contributed by atoms with Crippen molar-refractivity contribution in [2.75, 3.05) is 0 Å². The fourth-order valence-corrected chi connectivity index (χ4v) is 9.50. The molecule has 0 heterocycles. The van der Waals surface area contributed by atoms with Crippen LogP contribution in [-0.2, 0) is 4.79 Å². The van der Waals surface area contributed by atoms with E-state index in [9.17, 15) is 9.90 Å². The third-order valence-electron chi connectivity index (χ3n) is 12.0. The topological polar surface area (TPSA) is 57.5 Å². The summed E-state index contributed by atoms with van der Waals surface area (Å²) in [6, 6.07) is 0. The maximum atomic E-state index is 11.1. The number of fused-ring (bicyclic) bond motifs is 5. The molecule has 0 spiro atoms. The van der Waals surface area contributed by atoms with Crippen LogP contribution in [0, 0.1) is 45.3 Å². The molecule has 8 atom stereocenters. The Morgan fingerprint density at radius 3 is 2.48 bits per heavy atom. The number of aliphatic hydroxyl groups excluding tert-OH is 1. The van der Waals surface area contributed by atoms with Crippen molar-refractivity contribution in [1.29, 1.82) is 0 Å². The summed E-state index contributed by atoms with van der Waals surface area (Å²) in [7, 11) is 0. The highest BCUT2D eigenvalue weighted by atomic mass is 16.4. The molecule has 3 nitrogen and oxygen atoms in total. The van der Waals surface area contributed by atoms with Gasteiger partial charge in [0.2, 0.25) is 0 Å². The van der Waals surface area contributed by atoms with Crippen LogP contribution in [0.5, 0.6) is 0 Å². The summed E-state index contributed by atoms with van der Waals surface area (Å²) in [5.41, 5.74) is 3.13. The zero-order chi connectivity index (χ0) is 24.4. The molecule has 3 fully saturated rings. The van der Waals surface area contributed by atoms with E-state index in [4.69, 9.17) is 5.11 Å². The summed E-state index contributed by atoms with van der Waals surface area (Å²) in [6.07, 6.45) is 14.7. The van der Waals surface area contributed by atoms with Gasteiger partial charge in [-0.1, -0.05) is 59.3 Å². The van der Waals surface area contributed by atoms with E-state index in [0.717, 1.165) is 32.1 Å². The number of carbonyl (C=O) groups is 1. The Hall–Kier alpha value is -1.09. The molecular weight excluding hydrogens is 408 g/mol. The van der Waals surface area contributed by atoms with E-state index in [1.807, 2.05) is 6.08 Å². The largest absolute Gasteiger partial charge is 0.478 e. The van der Waals surface area contributed by atoms with Gasteiger partial charge in [0.05, 0.1) is 6.10 Å². The second-order valence-electron chi connectivity index (χ2n) is 13.6. The molecule has 0 aromatic rings. The first-order valence-corrected chi connectivity index (χ1v) is 13.6. The molecule has 4 aliphatic carbocycles. The molecule has 0 radical (unpaired) electrons. The minimum absolute atomic E-state index is 0.00892. The summed E-state index contributed by atoms with van der Waals surface area (Å²) >= 11 is 0. The van der Waals surface area contributed by atoms with Gasteiger partial charge < -0.3 is 10.2 Å². The van der Waals surface area contributed by atoms with Crippen molar-refractivity contribution in [2.45, 2.75) is 112 Å². The number of aliphatic carboxylic acids is 1. The zero-order valence-electron chi connectivity index (χ0n) is 22.2. The van der Waals surface area contributed by atoms with Crippen LogP contribution in [0.3, 0.4) is 0 Å². The van der Waals surface area contributed by atoms with Gasteiger partial charge in [0.1, 0.15) is 0 Å². The Morgan fingerprint density at radius 2 is 1.82 bits per heavy atom. The SMILES string of the molecule is C/C(=C\CC[C@H](C)[C@@H]1CC[C@]2(C)C3=CC[C@H]4C(C)(C)[C@H](O)CC[C@]4(C)[C@H]3CC[C@@]12C)C(=O)O. The average molecular weight is 457 g/mol. The molecule has 0 aliphatic heterocycles. The quantitative estimate of drug-likeness (QED) is 0.335. The van der Waals surface area contributed by atoms with Crippen LogP contribution in [0.2, 0.25) is 0 Å². The van der Waals surface area contributed by atoms with Crippen LogP contribution in [0.15, 0.2) is 23.3 Å². The van der Waals surface area contributed by atoms with Gasteiger partial charge in [-0.3, -0.25) is 0 Å². The molecular formula is C30H48O3. The molecule has 4 aliphatic rings. The highest BCUT2D eigenvalue weighted by molar-refractivity contribution is 5.85. The number of rotatable bonds is 5. The number of carboxylic acid groups (broad SMARTS) is 1. The Morgan fingerprint density at radius 1 is 1.12 bits per heavy atom. The first-order chi connectivity index (χ1) is 15.3. The molecule has 186 valence electrons. The smallest absolute Gasteiger partial charge is 0.330 e. The summed E-state index contributed by atoms with van der Waals surface area (Å²) in [5, 5.41) is 20.0. The second-order valence-corrected chi connectivity index (χ2v) is 13.6. The molecule has 0 saturated heterocycles. The van der Waals surface area contributed by atoms with Crippen molar-refractivity contribution in [2.24, 2.45) is 45.3 Å². The van der Waals surface area contributed by atoms with Crippen LogP contribution in [0.25, 0.3) is 0 Å². The number of aliphatic hydroxyl groups is 1. The zero-order valence-corrected chi connectivity index (χ0v) is 22.2. The Labute approximate surface area is 202 Å². The molecule has 0 bridgehead atoms. The number of hydrogen-bond donors (Lipinski definition) is 2. The minimum atomic E-state index is -0.796. The minimum Gasteiger partial charge on any atom is -0.478 e. The summed E-state index contributed by atoms with van der Waals surface area (Å²) < 4.78 is 0. The van der Waals surface area contributed by atoms with E-state index in [1.54, 1.807) is 12.5 Å². The van der Waals surface area contributed by atoms with E-state index >= 15 is 0 Å². The second kappa shape index (κ2) is 8.25. The molecule has 3 saturated carbocycles. The van der Waals surface area contributed by atoms with Gasteiger partial charge in [-0.15, -0.1) is 0 Å². The molecule has 3 heteroatoms. The predicted octanol–water partition coefficient (Wildman–Crippen LogP) is 7.40. The van der Waals surface area contributed by atoms with Gasteiger partial charge in [-0.2, -0.15) is 0 Å². The maximum absolute atomic E-state index is 11.1. The molecule has 0 unspecified atom stereocenters. The molecule has 0 amide bonds. The fourth-order valence-electron chi connectivity index (χ4n) is 9.50. The molecule has 0 aromatic carbocycles.